The molecule has 0 aliphatic carbocycles. The average molecular weight is 314 g/mol. The number of nitrogen functional groups attached to an aromatic ring is 1. The summed E-state index contributed by atoms with van der Waals surface area (Å²) in [5.74, 6) is -0.310. The lowest BCUT2D eigenvalue weighted by molar-refractivity contribution is 0.102. The predicted octanol–water partition coefficient (Wildman–Crippen LogP) is 0.992. The van der Waals surface area contributed by atoms with Gasteiger partial charge in [-0.05, 0) is 24.7 Å². The van der Waals surface area contributed by atoms with Crippen molar-refractivity contribution in [3.8, 4) is 0 Å². The molecule has 2 aromatic rings. The molecule has 4 N–H and O–H groups in total. The number of aromatic nitrogens is 2. The number of carbonyl (C=O) groups excluding carboxylic acids is 1. The minimum atomic E-state index is -0.310. The quantitative estimate of drug-likeness (QED) is 0.783. The van der Waals surface area contributed by atoms with Gasteiger partial charge in [-0.2, -0.15) is 5.10 Å². The van der Waals surface area contributed by atoms with E-state index in [1.165, 1.54) is 11.8 Å². The van der Waals surface area contributed by atoms with E-state index in [-0.39, 0.29) is 11.6 Å². The Morgan fingerprint density at radius 2 is 1.96 bits per heavy atom. The predicted molar refractivity (Wildman–Crippen MR) is 90.2 cm³/mol. The molecule has 1 saturated heterocycles. The Morgan fingerprint density at radius 3 is 2.57 bits per heavy atom. The standard InChI is InChI=1S/C16H22N6O/c1-21-6-8-22(9-7-21)11-12-2-4-13(5-3-12)19-16(23)15-14(17)10-18-20-15/h2-5,10H,6-9,11,17H2,1H3,(H,18,20)(H,19,23). The van der Waals surface area contributed by atoms with Crippen molar-refractivity contribution >= 4 is 17.3 Å². The first-order valence-electron chi connectivity index (χ1n) is 7.72. The molecule has 1 aliphatic heterocycles. The minimum Gasteiger partial charge on any atom is -0.396 e. The number of anilines is 2. The molecule has 1 fully saturated rings. The number of likely N-dealkylation sites (N-methyl/N-ethyl adjacent to an activating group) is 1. The summed E-state index contributed by atoms with van der Waals surface area (Å²) in [4.78, 5) is 16.8. The van der Waals surface area contributed by atoms with Crippen LogP contribution in [0.3, 0.4) is 0 Å². The van der Waals surface area contributed by atoms with Crippen LogP contribution in [0.2, 0.25) is 0 Å². The zero-order chi connectivity index (χ0) is 16.2. The Bertz CT molecular complexity index is 657. The van der Waals surface area contributed by atoms with E-state index < -0.39 is 0 Å². The Kier molecular flexibility index (Phi) is 4.59. The summed E-state index contributed by atoms with van der Waals surface area (Å²) < 4.78 is 0. The van der Waals surface area contributed by atoms with E-state index in [0.29, 0.717) is 5.69 Å². The number of nitrogens with one attached hydrogen (secondary N) is 2. The van der Waals surface area contributed by atoms with Crippen molar-refractivity contribution in [3.05, 3.63) is 41.7 Å². The first kappa shape index (κ1) is 15.5. The van der Waals surface area contributed by atoms with Crippen molar-refractivity contribution in [2.75, 3.05) is 44.3 Å². The smallest absolute Gasteiger partial charge is 0.278 e. The van der Waals surface area contributed by atoms with E-state index >= 15 is 0 Å². The number of nitrogens with two attached hydrogens (primary N) is 1. The number of hydrogen-bond donors (Lipinski definition) is 3. The van der Waals surface area contributed by atoms with Crippen LogP contribution < -0.4 is 11.1 Å². The van der Waals surface area contributed by atoms with E-state index in [1.807, 2.05) is 24.3 Å². The molecule has 1 amide bonds. The van der Waals surface area contributed by atoms with Crippen LogP contribution >= 0.6 is 0 Å². The van der Waals surface area contributed by atoms with E-state index in [2.05, 4.69) is 32.4 Å². The molecule has 7 heteroatoms. The Labute approximate surface area is 135 Å². The Hall–Kier alpha value is -2.38. The van der Waals surface area contributed by atoms with Crippen LogP contribution in [0.15, 0.2) is 30.5 Å². The summed E-state index contributed by atoms with van der Waals surface area (Å²) in [7, 11) is 2.15. The summed E-state index contributed by atoms with van der Waals surface area (Å²) in [6, 6.07) is 7.90. The molecular formula is C16H22N6O. The SMILES string of the molecule is CN1CCN(Cc2ccc(NC(=O)c3n[nH]cc3N)cc2)CC1. The van der Waals surface area contributed by atoms with Crippen molar-refractivity contribution in [2.45, 2.75) is 6.54 Å². The molecule has 0 radical (unpaired) electrons. The molecule has 0 unspecified atom stereocenters. The third-order valence-corrected chi connectivity index (χ3v) is 4.10. The van der Waals surface area contributed by atoms with Crippen molar-refractivity contribution in [1.82, 2.24) is 20.0 Å². The number of nitrogens with zero attached hydrogens (tertiary/aromatic N) is 3. The van der Waals surface area contributed by atoms with E-state index in [9.17, 15) is 4.79 Å². The lowest BCUT2D eigenvalue weighted by Crippen LogP contribution is -2.43. The van der Waals surface area contributed by atoms with Gasteiger partial charge in [-0.25, -0.2) is 0 Å². The molecule has 0 atom stereocenters. The monoisotopic (exact) mass is 314 g/mol. The largest absolute Gasteiger partial charge is 0.396 e. The van der Waals surface area contributed by atoms with Crippen LogP contribution in [-0.4, -0.2) is 59.1 Å². The number of aromatic amines is 1. The molecule has 3 rings (SSSR count). The molecule has 1 aliphatic rings. The van der Waals surface area contributed by atoms with E-state index in [0.717, 1.165) is 38.4 Å². The molecule has 122 valence electrons. The van der Waals surface area contributed by atoms with Crippen LogP contribution in [0.5, 0.6) is 0 Å². The van der Waals surface area contributed by atoms with Gasteiger partial charge in [-0.15, -0.1) is 0 Å². The fourth-order valence-electron chi connectivity index (χ4n) is 2.63. The maximum absolute atomic E-state index is 12.0. The fraction of sp³-hybridized carbons (Fsp3) is 0.375. The number of H-pyrrole nitrogens is 1. The van der Waals surface area contributed by atoms with Gasteiger partial charge >= 0.3 is 0 Å². The van der Waals surface area contributed by atoms with Crippen molar-refractivity contribution < 1.29 is 4.79 Å². The number of piperazine rings is 1. The highest BCUT2D eigenvalue weighted by molar-refractivity contribution is 6.06. The normalized spacial score (nSPS) is 16.4. The molecule has 2 heterocycles. The van der Waals surface area contributed by atoms with Gasteiger partial charge in [-0.1, -0.05) is 12.1 Å². The summed E-state index contributed by atoms with van der Waals surface area (Å²) in [5, 5.41) is 9.22. The second-order valence-corrected chi connectivity index (χ2v) is 5.92. The topological polar surface area (TPSA) is 90.3 Å². The highest BCUT2D eigenvalue weighted by Crippen LogP contribution is 2.15. The first-order valence-corrected chi connectivity index (χ1v) is 7.72. The van der Waals surface area contributed by atoms with E-state index in [1.54, 1.807) is 0 Å². The third kappa shape index (κ3) is 3.88. The molecule has 7 nitrogen and oxygen atoms in total. The lowest BCUT2D eigenvalue weighted by Gasteiger charge is -2.32. The number of hydrogen-bond acceptors (Lipinski definition) is 5. The Balaban J connectivity index is 1.57. The second kappa shape index (κ2) is 6.80. The zero-order valence-electron chi connectivity index (χ0n) is 13.2. The number of benzene rings is 1. The lowest BCUT2D eigenvalue weighted by atomic mass is 10.1. The summed E-state index contributed by atoms with van der Waals surface area (Å²) in [6.45, 7) is 5.34. The van der Waals surface area contributed by atoms with Crippen molar-refractivity contribution in [1.29, 1.82) is 0 Å². The molecule has 23 heavy (non-hydrogen) atoms. The van der Waals surface area contributed by atoms with Crippen LogP contribution in [-0.2, 0) is 6.54 Å². The minimum absolute atomic E-state index is 0.214. The number of rotatable bonds is 4. The first-order chi connectivity index (χ1) is 11.1. The van der Waals surface area contributed by atoms with Gasteiger partial charge in [0.15, 0.2) is 5.69 Å². The third-order valence-electron chi connectivity index (χ3n) is 4.10. The van der Waals surface area contributed by atoms with Gasteiger partial charge in [0.2, 0.25) is 0 Å². The molecule has 0 bridgehead atoms. The highest BCUT2D eigenvalue weighted by atomic mass is 16.2. The highest BCUT2D eigenvalue weighted by Gasteiger charge is 2.15. The zero-order valence-corrected chi connectivity index (χ0v) is 13.2. The van der Waals surface area contributed by atoms with Crippen LogP contribution in [0, 0.1) is 0 Å². The summed E-state index contributed by atoms with van der Waals surface area (Å²) >= 11 is 0. The van der Waals surface area contributed by atoms with E-state index in [4.69, 9.17) is 5.73 Å². The van der Waals surface area contributed by atoms with Gasteiger partial charge in [0.1, 0.15) is 0 Å². The molecule has 1 aromatic heterocycles. The maximum atomic E-state index is 12.0. The van der Waals surface area contributed by atoms with Gasteiger partial charge in [-0.3, -0.25) is 14.8 Å². The van der Waals surface area contributed by atoms with Crippen molar-refractivity contribution in [2.24, 2.45) is 0 Å². The van der Waals surface area contributed by atoms with Crippen LogP contribution in [0.1, 0.15) is 16.1 Å². The van der Waals surface area contributed by atoms with Crippen molar-refractivity contribution in [3.63, 3.8) is 0 Å². The van der Waals surface area contributed by atoms with Gasteiger partial charge in [0.25, 0.3) is 5.91 Å². The summed E-state index contributed by atoms with van der Waals surface area (Å²) in [6.07, 6.45) is 1.49. The Morgan fingerprint density at radius 1 is 1.26 bits per heavy atom. The second-order valence-electron chi connectivity index (χ2n) is 5.92. The average Bonchev–Trinajstić information content (AvgIpc) is 2.98. The maximum Gasteiger partial charge on any atom is 0.278 e. The molecule has 0 spiro atoms. The number of amides is 1. The summed E-state index contributed by atoms with van der Waals surface area (Å²) in [5.41, 5.74) is 8.20. The molecular weight excluding hydrogens is 292 g/mol. The van der Waals surface area contributed by atoms with Crippen LogP contribution in [0.25, 0.3) is 0 Å². The van der Waals surface area contributed by atoms with Gasteiger partial charge in [0, 0.05) is 44.6 Å². The molecule has 1 aromatic carbocycles. The molecule has 0 saturated carbocycles. The van der Waals surface area contributed by atoms with Gasteiger partial charge in [0.05, 0.1) is 5.69 Å². The fourth-order valence-corrected chi connectivity index (χ4v) is 2.63. The van der Waals surface area contributed by atoms with Gasteiger partial charge < -0.3 is 16.0 Å². The number of carbonyl (C=O) groups is 1. The van der Waals surface area contributed by atoms with Crippen LogP contribution in [0.4, 0.5) is 11.4 Å².